The fourth-order valence-corrected chi connectivity index (χ4v) is 2.71. The highest BCUT2D eigenvalue weighted by molar-refractivity contribution is 5.75. The number of hydrogen-bond acceptors (Lipinski definition) is 4. The zero-order valence-corrected chi connectivity index (χ0v) is 12.8. The summed E-state index contributed by atoms with van der Waals surface area (Å²) in [7, 11) is 0. The summed E-state index contributed by atoms with van der Waals surface area (Å²) in [5.41, 5.74) is 1.24. The van der Waals surface area contributed by atoms with Gasteiger partial charge in [0.25, 0.3) is 0 Å². The maximum atomic E-state index is 12.2. The number of hydrogen-bond donors (Lipinski definition) is 0. The smallest absolute Gasteiger partial charge is 0.323 e. The Morgan fingerprint density at radius 2 is 2.05 bits per heavy atom. The molecule has 0 unspecified atom stereocenters. The fourth-order valence-electron chi connectivity index (χ4n) is 2.71. The molecule has 1 atom stereocenters. The molecule has 1 saturated heterocycles. The van der Waals surface area contributed by atoms with Gasteiger partial charge in [0.15, 0.2) is 0 Å². The van der Waals surface area contributed by atoms with E-state index in [1.807, 2.05) is 25.1 Å². The van der Waals surface area contributed by atoms with Gasteiger partial charge in [0.1, 0.15) is 12.6 Å². The normalized spacial score (nSPS) is 19.4. The van der Waals surface area contributed by atoms with Crippen LogP contribution in [0.5, 0.6) is 0 Å². The third-order valence-corrected chi connectivity index (χ3v) is 3.79. The van der Waals surface area contributed by atoms with E-state index >= 15 is 0 Å². The molecule has 21 heavy (non-hydrogen) atoms. The lowest BCUT2D eigenvalue weighted by Gasteiger charge is -2.34. The molecule has 1 aliphatic rings. The van der Waals surface area contributed by atoms with Crippen LogP contribution in [0.1, 0.15) is 31.7 Å². The van der Waals surface area contributed by atoms with Crippen LogP contribution in [0.25, 0.3) is 0 Å². The summed E-state index contributed by atoms with van der Waals surface area (Å²) in [6, 6.07) is 10.2. The van der Waals surface area contributed by atoms with Gasteiger partial charge in [-0.25, -0.2) is 0 Å². The van der Waals surface area contributed by atoms with Gasteiger partial charge in [-0.15, -0.1) is 0 Å². The molecule has 1 aliphatic heterocycles. The number of carbonyl (C=O) groups excluding carboxylic acids is 1. The lowest BCUT2D eigenvalue weighted by molar-refractivity contribution is -0.153. The van der Waals surface area contributed by atoms with E-state index in [-0.39, 0.29) is 12.0 Å². The number of nitrogens with zero attached hydrogens (tertiary/aromatic N) is 1. The Bertz CT molecular complexity index is 421. The molecular weight excluding hydrogens is 266 g/mol. The van der Waals surface area contributed by atoms with Crippen molar-refractivity contribution in [3.8, 4) is 0 Å². The third-order valence-electron chi connectivity index (χ3n) is 3.79. The number of esters is 1. The van der Waals surface area contributed by atoms with Crippen LogP contribution in [0, 0.1) is 0 Å². The summed E-state index contributed by atoms with van der Waals surface area (Å²) in [4.78, 5) is 14.5. The minimum Gasteiger partial charge on any atom is -0.462 e. The number of rotatable bonds is 7. The average molecular weight is 291 g/mol. The second-order valence-electron chi connectivity index (χ2n) is 5.33. The molecule has 2 rings (SSSR count). The van der Waals surface area contributed by atoms with Crippen LogP contribution in [0.2, 0.25) is 0 Å². The van der Waals surface area contributed by atoms with E-state index in [4.69, 9.17) is 9.47 Å². The lowest BCUT2D eigenvalue weighted by Crippen LogP contribution is -2.45. The largest absolute Gasteiger partial charge is 0.462 e. The Morgan fingerprint density at radius 3 is 2.81 bits per heavy atom. The van der Waals surface area contributed by atoms with E-state index in [9.17, 15) is 4.79 Å². The van der Waals surface area contributed by atoms with Gasteiger partial charge >= 0.3 is 5.97 Å². The van der Waals surface area contributed by atoms with Gasteiger partial charge in [0, 0.05) is 13.2 Å². The van der Waals surface area contributed by atoms with Crippen molar-refractivity contribution in [3.05, 3.63) is 35.9 Å². The third kappa shape index (κ3) is 5.14. The van der Waals surface area contributed by atoms with Crippen LogP contribution in [-0.2, 0) is 20.8 Å². The predicted molar refractivity (Wildman–Crippen MR) is 81.9 cm³/mol. The SMILES string of the molecule is CCOCCOC(=O)[C@H]1CCCCN1Cc1ccccc1. The zero-order chi connectivity index (χ0) is 14.9. The Hall–Kier alpha value is -1.39. The first-order valence-electron chi connectivity index (χ1n) is 7.83. The van der Waals surface area contributed by atoms with Gasteiger partial charge in [-0.2, -0.15) is 0 Å². The molecular formula is C17H25NO3. The molecule has 0 bridgehead atoms. The molecule has 0 radical (unpaired) electrons. The van der Waals surface area contributed by atoms with Crippen LogP contribution in [0.15, 0.2) is 30.3 Å². The molecule has 0 amide bonds. The van der Waals surface area contributed by atoms with Crippen LogP contribution < -0.4 is 0 Å². The molecule has 1 fully saturated rings. The number of ether oxygens (including phenoxy) is 2. The average Bonchev–Trinajstić information content (AvgIpc) is 2.53. The van der Waals surface area contributed by atoms with Crippen LogP contribution >= 0.6 is 0 Å². The van der Waals surface area contributed by atoms with Gasteiger partial charge < -0.3 is 9.47 Å². The molecule has 1 heterocycles. The van der Waals surface area contributed by atoms with Crippen molar-refractivity contribution in [2.75, 3.05) is 26.4 Å². The fraction of sp³-hybridized carbons (Fsp3) is 0.588. The molecule has 4 heteroatoms. The van der Waals surface area contributed by atoms with Crippen molar-refractivity contribution in [2.24, 2.45) is 0 Å². The van der Waals surface area contributed by atoms with Crippen LogP contribution in [0.3, 0.4) is 0 Å². The van der Waals surface area contributed by atoms with Gasteiger partial charge in [-0.1, -0.05) is 36.8 Å². The van der Waals surface area contributed by atoms with Crippen molar-refractivity contribution in [1.82, 2.24) is 4.90 Å². The molecule has 0 N–H and O–H groups in total. The van der Waals surface area contributed by atoms with E-state index in [1.165, 1.54) is 5.56 Å². The highest BCUT2D eigenvalue weighted by Crippen LogP contribution is 2.20. The summed E-state index contributed by atoms with van der Waals surface area (Å²) in [6.07, 6.45) is 3.13. The molecule has 1 aromatic rings. The van der Waals surface area contributed by atoms with E-state index in [0.29, 0.717) is 19.8 Å². The Labute approximate surface area is 127 Å². The Morgan fingerprint density at radius 1 is 1.24 bits per heavy atom. The summed E-state index contributed by atoms with van der Waals surface area (Å²) >= 11 is 0. The minimum absolute atomic E-state index is 0.106. The molecule has 0 aliphatic carbocycles. The first-order chi connectivity index (χ1) is 10.3. The van der Waals surface area contributed by atoms with Crippen molar-refractivity contribution < 1.29 is 14.3 Å². The second kappa shape index (κ2) is 8.80. The van der Waals surface area contributed by atoms with Gasteiger partial charge in [-0.05, 0) is 31.9 Å². The number of piperidine rings is 1. The van der Waals surface area contributed by atoms with E-state index in [2.05, 4.69) is 17.0 Å². The van der Waals surface area contributed by atoms with Crippen LogP contribution in [0.4, 0.5) is 0 Å². The van der Waals surface area contributed by atoms with E-state index in [1.54, 1.807) is 0 Å². The lowest BCUT2D eigenvalue weighted by atomic mass is 10.0. The standard InChI is InChI=1S/C17H25NO3/c1-2-20-12-13-21-17(19)16-10-6-7-11-18(16)14-15-8-4-3-5-9-15/h3-5,8-9,16H,2,6-7,10-14H2,1H3/t16-/m1/s1. The summed E-state index contributed by atoms with van der Waals surface area (Å²) < 4.78 is 10.5. The summed E-state index contributed by atoms with van der Waals surface area (Å²) in [5, 5.41) is 0. The second-order valence-corrected chi connectivity index (χ2v) is 5.33. The molecule has 0 spiro atoms. The summed E-state index contributed by atoms with van der Waals surface area (Å²) in [5.74, 6) is -0.106. The molecule has 0 aromatic heterocycles. The van der Waals surface area contributed by atoms with Crippen molar-refractivity contribution >= 4 is 5.97 Å². The quantitative estimate of drug-likeness (QED) is 0.572. The topological polar surface area (TPSA) is 38.8 Å². The zero-order valence-electron chi connectivity index (χ0n) is 12.8. The van der Waals surface area contributed by atoms with E-state index in [0.717, 1.165) is 32.4 Å². The van der Waals surface area contributed by atoms with Gasteiger partial charge in [0.2, 0.25) is 0 Å². The van der Waals surface area contributed by atoms with Gasteiger partial charge in [0.05, 0.1) is 6.61 Å². The highest BCUT2D eigenvalue weighted by Gasteiger charge is 2.29. The molecule has 4 nitrogen and oxygen atoms in total. The molecule has 116 valence electrons. The maximum absolute atomic E-state index is 12.2. The van der Waals surface area contributed by atoms with Crippen molar-refractivity contribution in [3.63, 3.8) is 0 Å². The predicted octanol–water partition coefficient (Wildman–Crippen LogP) is 2.62. The Kier molecular flexibility index (Phi) is 6.70. The first-order valence-corrected chi connectivity index (χ1v) is 7.83. The van der Waals surface area contributed by atoms with Crippen molar-refractivity contribution in [1.29, 1.82) is 0 Å². The van der Waals surface area contributed by atoms with Gasteiger partial charge in [-0.3, -0.25) is 9.69 Å². The molecule has 0 saturated carbocycles. The Balaban J connectivity index is 1.87. The van der Waals surface area contributed by atoms with Crippen molar-refractivity contribution in [2.45, 2.75) is 38.8 Å². The summed E-state index contributed by atoms with van der Waals surface area (Å²) in [6.45, 7) is 5.19. The number of carbonyl (C=O) groups is 1. The number of benzene rings is 1. The number of likely N-dealkylation sites (tertiary alicyclic amines) is 1. The monoisotopic (exact) mass is 291 g/mol. The maximum Gasteiger partial charge on any atom is 0.323 e. The molecule has 1 aromatic carbocycles. The minimum atomic E-state index is -0.111. The van der Waals surface area contributed by atoms with E-state index < -0.39 is 0 Å². The highest BCUT2D eigenvalue weighted by atomic mass is 16.6. The first kappa shape index (κ1) is 16.0. The van der Waals surface area contributed by atoms with Crippen LogP contribution in [-0.4, -0.2) is 43.3 Å².